The number of ether oxygens (including phenoxy) is 1. The molecular formula is C21H31N3O4S. The highest BCUT2D eigenvalue weighted by Crippen LogP contribution is 2.31. The largest absolute Gasteiger partial charge is 0.379 e. The first kappa shape index (κ1) is 20.8. The van der Waals surface area contributed by atoms with Gasteiger partial charge in [0.05, 0.1) is 18.1 Å². The number of hydrogen-bond donors (Lipinski definition) is 1. The molecule has 1 aromatic rings. The van der Waals surface area contributed by atoms with Gasteiger partial charge in [-0.1, -0.05) is 19.3 Å². The third kappa shape index (κ3) is 4.82. The molecule has 0 atom stereocenters. The Morgan fingerprint density at radius 2 is 1.66 bits per heavy atom. The lowest BCUT2D eigenvalue weighted by molar-refractivity contribution is -0.117. The molecule has 0 radical (unpaired) electrons. The van der Waals surface area contributed by atoms with Crippen molar-refractivity contribution in [2.45, 2.75) is 55.4 Å². The summed E-state index contributed by atoms with van der Waals surface area (Å²) >= 11 is 0. The second-order valence-electron chi connectivity index (χ2n) is 8.48. The normalized spacial score (nSPS) is 23.4. The number of nitrogens with one attached hydrogen (secondary N) is 1. The van der Waals surface area contributed by atoms with Crippen LogP contribution in [0.25, 0.3) is 0 Å². The lowest BCUT2D eigenvalue weighted by atomic mass is 9.82. The van der Waals surface area contributed by atoms with Gasteiger partial charge in [-0.05, 0) is 43.5 Å². The SMILES string of the molecule is O=C1CCCN1c1ccc(S(=O)(=O)NC2(CN3CCOCC3)CCCCC2)cc1. The van der Waals surface area contributed by atoms with Crippen molar-refractivity contribution in [3.05, 3.63) is 24.3 Å². The van der Waals surface area contributed by atoms with Gasteiger partial charge in [-0.2, -0.15) is 0 Å². The van der Waals surface area contributed by atoms with Gasteiger partial charge in [0.25, 0.3) is 0 Å². The number of benzene rings is 1. The fourth-order valence-corrected chi connectivity index (χ4v) is 6.23. The fourth-order valence-electron chi connectivity index (χ4n) is 4.78. The Morgan fingerprint density at radius 1 is 0.966 bits per heavy atom. The summed E-state index contributed by atoms with van der Waals surface area (Å²) in [6.45, 7) is 4.55. The van der Waals surface area contributed by atoms with Crippen LogP contribution in [0.2, 0.25) is 0 Å². The first-order chi connectivity index (χ1) is 14.0. The van der Waals surface area contributed by atoms with Gasteiger partial charge < -0.3 is 9.64 Å². The zero-order valence-corrected chi connectivity index (χ0v) is 17.8. The van der Waals surface area contributed by atoms with Gasteiger partial charge >= 0.3 is 0 Å². The van der Waals surface area contributed by atoms with Crippen LogP contribution in [0, 0.1) is 0 Å². The quantitative estimate of drug-likeness (QED) is 0.761. The average molecular weight is 422 g/mol. The summed E-state index contributed by atoms with van der Waals surface area (Å²) in [7, 11) is -3.63. The smallest absolute Gasteiger partial charge is 0.241 e. The molecule has 1 saturated carbocycles. The first-order valence-corrected chi connectivity index (χ1v) is 12.2. The Hall–Kier alpha value is -1.48. The first-order valence-electron chi connectivity index (χ1n) is 10.7. The molecule has 3 aliphatic rings. The minimum atomic E-state index is -3.63. The van der Waals surface area contributed by atoms with E-state index in [2.05, 4.69) is 9.62 Å². The predicted octanol–water partition coefficient (Wildman–Crippen LogP) is 2.13. The second kappa shape index (κ2) is 8.71. The van der Waals surface area contributed by atoms with E-state index in [1.807, 2.05) is 0 Å². The highest BCUT2D eigenvalue weighted by Gasteiger charge is 2.38. The molecule has 0 bridgehead atoms. The van der Waals surface area contributed by atoms with E-state index >= 15 is 0 Å². The van der Waals surface area contributed by atoms with Gasteiger partial charge in [0, 0.05) is 43.8 Å². The lowest BCUT2D eigenvalue weighted by Crippen LogP contribution is -2.57. The van der Waals surface area contributed by atoms with Gasteiger partial charge in [-0.15, -0.1) is 0 Å². The second-order valence-corrected chi connectivity index (χ2v) is 10.2. The van der Waals surface area contributed by atoms with E-state index < -0.39 is 15.6 Å². The zero-order chi connectivity index (χ0) is 20.3. The topological polar surface area (TPSA) is 79.0 Å². The molecule has 2 saturated heterocycles. The summed E-state index contributed by atoms with van der Waals surface area (Å²) in [6.07, 6.45) is 6.39. The lowest BCUT2D eigenvalue weighted by Gasteiger charge is -2.42. The van der Waals surface area contributed by atoms with Crippen molar-refractivity contribution in [1.29, 1.82) is 0 Å². The minimum absolute atomic E-state index is 0.102. The summed E-state index contributed by atoms with van der Waals surface area (Å²) < 4.78 is 34.9. The van der Waals surface area contributed by atoms with Gasteiger partial charge in [0.1, 0.15) is 0 Å². The number of sulfonamides is 1. The van der Waals surface area contributed by atoms with Crippen LogP contribution in [-0.2, 0) is 19.6 Å². The standard InChI is InChI=1S/C21H31N3O4S/c25-20-5-4-12-24(20)18-6-8-19(9-7-18)29(26,27)22-21(10-2-1-3-11-21)17-23-13-15-28-16-14-23/h6-9,22H,1-5,10-17H2. The van der Waals surface area contributed by atoms with Crippen LogP contribution in [0.1, 0.15) is 44.9 Å². The maximum Gasteiger partial charge on any atom is 0.241 e. The van der Waals surface area contributed by atoms with E-state index in [4.69, 9.17) is 4.74 Å². The van der Waals surface area contributed by atoms with Crippen LogP contribution in [-0.4, -0.2) is 64.2 Å². The highest BCUT2D eigenvalue weighted by atomic mass is 32.2. The molecular weight excluding hydrogens is 390 g/mol. The summed E-state index contributed by atoms with van der Waals surface area (Å²) in [4.78, 5) is 16.2. The Labute approximate surface area is 173 Å². The van der Waals surface area contributed by atoms with Gasteiger partial charge in [0.15, 0.2) is 0 Å². The Kier molecular flexibility index (Phi) is 6.24. The molecule has 1 amide bonds. The number of nitrogens with zero attached hydrogens (tertiary/aromatic N) is 2. The summed E-state index contributed by atoms with van der Waals surface area (Å²) in [5, 5.41) is 0. The minimum Gasteiger partial charge on any atom is -0.379 e. The average Bonchev–Trinajstić information content (AvgIpc) is 3.15. The summed E-state index contributed by atoms with van der Waals surface area (Å²) in [5.41, 5.74) is 0.352. The van der Waals surface area contributed by atoms with E-state index in [0.717, 1.165) is 63.8 Å². The molecule has 4 rings (SSSR count). The Balaban J connectivity index is 1.50. The predicted molar refractivity (Wildman–Crippen MR) is 111 cm³/mol. The van der Waals surface area contributed by atoms with E-state index in [1.54, 1.807) is 29.2 Å². The fraction of sp³-hybridized carbons (Fsp3) is 0.667. The van der Waals surface area contributed by atoms with E-state index in [9.17, 15) is 13.2 Å². The van der Waals surface area contributed by atoms with Crippen LogP contribution >= 0.6 is 0 Å². The van der Waals surface area contributed by atoms with Crippen molar-refractivity contribution in [3.63, 3.8) is 0 Å². The van der Waals surface area contributed by atoms with E-state index in [-0.39, 0.29) is 10.8 Å². The van der Waals surface area contributed by atoms with Gasteiger partial charge in [-0.25, -0.2) is 13.1 Å². The molecule has 2 heterocycles. The van der Waals surface area contributed by atoms with Gasteiger partial charge in [-0.3, -0.25) is 9.69 Å². The summed E-state index contributed by atoms with van der Waals surface area (Å²) in [6, 6.07) is 6.73. The van der Waals surface area contributed by atoms with Crippen molar-refractivity contribution >= 4 is 21.6 Å². The highest BCUT2D eigenvalue weighted by molar-refractivity contribution is 7.89. The molecule has 0 unspecified atom stereocenters. The molecule has 8 heteroatoms. The van der Waals surface area contributed by atoms with Crippen molar-refractivity contribution in [2.24, 2.45) is 0 Å². The third-order valence-electron chi connectivity index (χ3n) is 6.32. The van der Waals surface area contributed by atoms with Crippen LogP contribution in [0.4, 0.5) is 5.69 Å². The maximum absolute atomic E-state index is 13.2. The molecule has 29 heavy (non-hydrogen) atoms. The molecule has 7 nitrogen and oxygen atoms in total. The molecule has 0 spiro atoms. The molecule has 1 aliphatic carbocycles. The van der Waals surface area contributed by atoms with Crippen LogP contribution < -0.4 is 9.62 Å². The van der Waals surface area contributed by atoms with Crippen LogP contribution in [0.15, 0.2) is 29.2 Å². The van der Waals surface area contributed by atoms with Crippen molar-refractivity contribution < 1.29 is 17.9 Å². The number of hydrogen-bond acceptors (Lipinski definition) is 5. The van der Waals surface area contributed by atoms with E-state index in [0.29, 0.717) is 26.2 Å². The number of carbonyl (C=O) groups excluding carboxylic acids is 1. The molecule has 2 aliphatic heterocycles. The monoisotopic (exact) mass is 421 g/mol. The summed E-state index contributed by atoms with van der Waals surface area (Å²) in [5.74, 6) is 0.102. The number of amides is 1. The van der Waals surface area contributed by atoms with Crippen LogP contribution in [0.5, 0.6) is 0 Å². The number of morpholine rings is 1. The van der Waals surface area contributed by atoms with Crippen molar-refractivity contribution in [3.8, 4) is 0 Å². The molecule has 1 aromatic carbocycles. The Morgan fingerprint density at radius 3 is 2.28 bits per heavy atom. The zero-order valence-electron chi connectivity index (χ0n) is 16.9. The maximum atomic E-state index is 13.2. The number of rotatable bonds is 6. The third-order valence-corrected chi connectivity index (χ3v) is 7.92. The van der Waals surface area contributed by atoms with Crippen LogP contribution in [0.3, 0.4) is 0 Å². The molecule has 3 fully saturated rings. The van der Waals surface area contributed by atoms with Crippen molar-refractivity contribution in [2.75, 3.05) is 44.3 Å². The molecule has 160 valence electrons. The van der Waals surface area contributed by atoms with Gasteiger partial charge in [0.2, 0.25) is 15.9 Å². The molecule has 1 N–H and O–H groups in total. The molecule has 0 aromatic heterocycles. The number of carbonyl (C=O) groups is 1. The van der Waals surface area contributed by atoms with E-state index in [1.165, 1.54) is 0 Å². The Bertz CT molecular complexity index is 813. The number of anilines is 1. The van der Waals surface area contributed by atoms with Crippen molar-refractivity contribution in [1.82, 2.24) is 9.62 Å².